The molecule has 2 aromatic carbocycles. The smallest absolute Gasteiger partial charge is 0.266 e. The molecule has 1 aliphatic rings. The number of methoxy groups -OCH3 is 2. The van der Waals surface area contributed by atoms with Crippen LogP contribution in [0.5, 0.6) is 17.2 Å². The fourth-order valence-corrected chi connectivity index (χ4v) is 4.29. The summed E-state index contributed by atoms with van der Waals surface area (Å²) in [5.74, 6) is 2.09. The highest BCUT2D eigenvalue weighted by Gasteiger charge is 2.31. The number of nitrogens with zero attached hydrogens (tertiary/aromatic N) is 1. The lowest BCUT2D eigenvalue weighted by molar-refractivity contribution is -0.122. The molecule has 0 saturated carbocycles. The second-order valence-electron chi connectivity index (χ2n) is 6.69. The molecular formula is C23H25NO4S2. The zero-order chi connectivity index (χ0) is 21.5. The highest BCUT2D eigenvalue weighted by molar-refractivity contribution is 8.26. The van der Waals surface area contributed by atoms with Crippen molar-refractivity contribution in [1.29, 1.82) is 0 Å². The predicted molar refractivity (Wildman–Crippen MR) is 125 cm³/mol. The molecule has 0 aromatic heterocycles. The molecule has 0 spiro atoms. The highest BCUT2D eigenvalue weighted by Crippen LogP contribution is 2.35. The molecule has 0 N–H and O–H groups in total. The van der Waals surface area contributed by atoms with Gasteiger partial charge in [0.05, 0.1) is 25.7 Å². The van der Waals surface area contributed by atoms with Crippen LogP contribution in [0.1, 0.15) is 24.5 Å². The second-order valence-corrected chi connectivity index (χ2v) is 8.37. The van der Waals surface area contributed by atoms with Gasteiger partial charge < -0.3 is 14.2 Å². The summed E-state index contributed by atoms with van der Waals surface area (Å²) in [6.07, 6.45) is 3.48. The Morgan fingerprint density at radius 2 is 1.83 bits per heavy atom. The number of benzene rings is 2. The number of carbonyl (C=O) groups excluding carboxylic acids is 1. The SMILES string of the molecule is CCCOc1cc(/C=C2/SC(=S)N(CCc3ccc(OC)cc3)C2=O)ccc1OC. The Kier molecular flexibility index (Phi) is 7.76. The van der Waals surface area contributed by atoms with E-state index in [4.69, 9.17) is 26.4 Å². The minimum absolute atomic E-state index is 0.0645. The van der Waals surface area contributed by atoms with Gasteiger partial charge in [0.25, 0.3) is 5.91 Å². The van der Waals surface area contributed by atoms with Crippen molar-refractivity contribution in [3.63, 3.8) is 0 Å². The van der Waals surface area contributed by atoms with Gasteiger partial charge in [0, 0.05) is 6.54 Å². The van der Waals surface area contributed by atoms with Crippen LogP contribution >= 0.6 is 24.0 Å². The van der Waals surface area contributed by atoms with Crippen molar-refractivity contribution in [3.8, 4) is 17.2 Å². The summed E-state index contributed by atoms with van der Waals surface area (Å²) in [6, 6.07) is 13.5. The molecule has 1 amide bonds. The molecule has 30 heavy (non-hydrogen) atoms. The Morgan fingerprint density at radius 1 is 1.07 bits per heavy atom. The summed E-state index contributed by atoms with van der Waals surface area (Å²) in [4.78, 5) is 15.2. The summed E-state index contributed by atoms with van der Waals surface area (Å²) in [7, 11) is 3.25. The van der Waals surface area contributed by atoms with Gasteiger partial charge in [0.1, 0.15) is 10.1 Å². The van der Waals surface area contributed by atoms with Crippen LogP contribution < -0.4 is 14.2 Å². The van der Waals surface area contributed by atoms with Crippen molar-refractivity contribution >= 4 is 40.3 Å². The molecule has 0 aliphatic carbocycles. The van der Waals surface area contributed by atoms with Crippen molar-refractivity contribution in [2.75, 3.05) is 27.4 Å². The Bertz CT molecular complexity index is 941. The lowest BCUT2D eigenvalue weighted by Gasteiger charge is -2.14. The number of amides is 1. The fourth-order valence-electron chi connectivity index (χ4n) is 2.99. The quantitative estimate of drug-likeness (QED) is 0.404. The lowest BCUT2D eigenvalue weighted by atomic mass is 10.1. The van der Waals surface area contributed by atoms with E-state index in [0.29, 0.717) is 33.9 Å². The lowest BCUT2D eigenvalue weighted by Crippen LogP contribution is -2.30. The fraction of sp³-hybridized carbons (Fsp3) is 0.304. The van der Waals surface area contributed by atoms with Crippen molar-refractivity contribution in [2.45, 2.75) is 19.8 Å². The third-order valence-corrected chi connectivity index (χ3v) is 5.98. The molecule has 1 fully saturated rings. The molecular weight excluding hydrogens is 418 g/mol. The number of ether oxygens (including phenoxy) is 3. The standard InChI is InChI=1S/C23H25NO4S2/c1-4-13-28-20-14-17(7-10-19(20)27-3)15-21-22(25)24(23(29)30-21)12-11-16-5-8-18(26-2)9-6-16/h5-10,14-15H,4,11-13H2,1-3H3/b21-15+. The Morgan fingerprint density at radius 3 is 2.50 bits per heavy atom. The van der Waals surface area contributed by atoms with E-state index in [1.54, 1.807) is 19.1 Å². The van der Waals surface area contributed by atoms with E-state index in [0.717, 1.165) is 29.7 Å². The van der Waals surface area contributed by atoms with E-state index in [2.05, 4.69) is 0 Å². The van der Waals surface area contributed by atoms with Crippen LogP contribution in [0.25, 0.3) is 6.08 Å². The predicted octanol–water partition coefficient (Wildman–Crippen LogP) is 4.94. The van der Waals surface area contributed by atoms with Gasteiger partial charge in [-0.25, -0.2) is 0 Å². The van der Waals surface area contributed by atoms with E-state index in [1.807, 2.05) is 55.5 Å². The number of thiocarbonyl (C=S) groups is 1. The Hall–Kier alpha value is -2.51. The summed E-state index contributed by atoms with van der Waals surface area (Å²) < 4.78 is 16.9. The number of thioether (sulfide) groups is 1. The summed E-state index contributed by atoms with van der Waals surface area (Å²) >= 11 is 6.78. The minimum Gasteiger partial charge on any atom is -0.497 e. The van der Waals surface area contributed by atoms with Gasteiger partial charge in [-0.2, -0.15) is 0 Å². The van der Waals surface area contributed by atoms with Gasteiger partial charge in [-0.3, -0.25) is 9.69 Å². The first-order chi connectivity index (χ1) is 14.5. The highest BCUT2D eigenvalue weighted by atomic mass is 32.2. The second kappa shape index (κ2) is 10.5. The largest absolute Gasteiger partial charge is 0.497 e. The van der Waals surface area contributed by atoms with Crippen LogP contribution in [0.15, 0.2) is 47.4 Å². The molecule has 0 unspecified atom stereocenters. The number of carbonyl (C=O) groups is 1. The van der Waals surface area contributed by atoms with Gasteiger partial charge in [-0.1, -0.05) is 49.1 Å². The monoisotopic (exact) mass is 443 g/mol. The van der Waals surface area contributed by atoms with Gasteiger partial charge in [0.2, 0.25) is 0 Å². The summed E-state index contributed by atoms with van der Waals surface area (Å²) in [5, 5.41) is 0. The Balaban J connectivity index is 1.70. The average Bonchev–Trinajstić information content (AvgIpc) is 3.03. The number of rotatable bonds is 9. The maximum absolute atomic E-state index is 12.9. The summed E-state index contributed by atoms with van der Waals surface area (Å²) in [6.45, 7) is 3.20. The van der Waals surface area contributed by atoms with E-state index in [9.17, 15) is 4.79 Å². The van der Waals surface area contributed by atoms with E-state index < -0.39 is 0 Å². The van der Waals surface area contributed by atoms with E-state index in [-0.39, 0.29) is 5.91 Å². The van der Waals surface area contributed by atoms with Crippen molar-refractivity contribution < 1.29 is 19.0 Å². The van der Waals surface area contributed by atoms with Gasteiger partial charge in [0.15, 0.2) is 11.5 Å². The first-order valence-electron chi connectivity index (χ1n) is 9.74. The molecule has 2 aromatic rings. The molecule has 5 nitrogen and oxygen atoms in total. The molecule has 7 heteroatoms. The molecule has 1 saturated heterocycles. The maximum atomic E-state index is 12.9. The first-order valence-corrected chi connectivity index (χ1v) is 11.0. The molecule has 158 valence electrons. The minimum atomic E-state index is -0.0645. The third kappa shape index (κ3) is 5.34. The van der Waals surface area contributed by atoms with Gasteiger partial charge in [-0.05, 0) is 54.3 Å². The number of hydrogen-bond donors (Lipinski definition) is 0. The third-order valence-electron chi connectivity index (χ3n) is 4.60. The zero-order valence-corrected chi connectivity index (χ0v) is 19.0. The van der Waals surface area contributed by atoms with Crippen molar-refractivity contribution in [3.05, 3.63) is 58.5 Å². The van der Waals surface area contributed by atoms with Gasteiger partial charge >= 0.3 is 0 Å². The molecule has 1 heterocycles. The van der Waals surface area contributed by atoms with Gasteiger partial charge in [-0.15, -0.1) is 0 Å². The van der Waals surface area contributed by atoms with Crippen LogP contribution in [-0.4, -0.2) is 42.5 Å². The van der Waals surface area contributed by atoms with E-state index >= 15 is 0 Å². The zero-order valence-electron chi connectivity index (χ0n) is 17.3. The van der Waals surface area contributed by atoms with Crippen LogP contribution in [0.3, 0.4) is 0 Å². The number of hydrogen-bond acceptors (Lipinski definition) is 6. The van der Waals surface area contributed by atoms with Crippen LogP contribution in [-0.2, 0) is 11.2 Å². The van der Waals surface area contributed by atoms with Crippen LogP contribution in [0, 0.1) is 0 Å². The molecule has 1 aliphatic heterocycles. The van der Waals surface area contributed by atoms with Crippen LogP contribution in [0.4, 0.5) is 0 Å². The average molecular weight is 444 g/mol. The summed E-state index contributed by atoms with van der Waals surface area (Å²) in [5.41, 5.74) is 2.00. The normalized spacial score (nSPS) is 15.0. The Labute approximate surface area is 187 Å². The van der Waals surface area contributed by atoms with Crippen LogP contribution in [0.2, 0.25) is 0 Å². The molecule has 0 radical (unpaired) electrons. The maximum Gasteiger partial charge on any atom is 0.266 e. The van der Waals surface area contributed by atoms with E-state index in [1.165, 1.54) is 11.8 Å². The molecule has 0 bridgehead atoms. The first kappa shape index (κ1) is 22.2. The van der Waals surface area contributed by atoms with Crippen molar-refractivity contribution in [2.24, 2.45) is 0 Å². The van der Waals surface area contributed by atoms with Crippen molar-refractivity contribution in [1.82, 2.24) is 4.90 Å². The molecule has 0 atom stereocenters. The topological polar surface area (TPSA) is 48.0 Å². The molecule has 3 rings (SSSR count).